The van der Waals surface area contributed by atoms with Gasteiger partial charge in [-0.3, -0.25) is 9.79 Å². The molecule has 1 saturated carbocycles. The molecule has 3 unspecified atom stereocenters. The zero-order valence-electron chi connectivity index (χ0n) is 15.0. The lowest BCUT2D eigenvalue weighted by molar-refractivity contribution is 0.112. The van der Waals surface area contributed by atoms with Crippen molar-refractivity contribution in [3.63, 3.8) is 0 Å². The molecule has 4 atom stereocenters. The number of dihydropyridines is 2. The molecule has 136 valence electrons. The van der Waals surface area contributed by atoms with Crippen LogP contribution in [0.4, 0.5) is 0 Å². The number of fused-ring (bicyclic) bond motifs is 1. The van der Waals surface area contributed by atoms with E-state index in [1.807, 2.05) is 24.4 Å². The molecule has 5 nitrogen and oxygen atoms in total. The number of aliphatic imine (C=N–C) groups is 1. The molecule has 3 aliphatic heterocycles. The van der Waals surface area contributed by atoms with Crippen LogP contribution in [-0.4, -0.2) is 44.9 Å². The SMILES string of the molecule is O=Cc1ccc(C2=CC=CC(C[C@H]3C4C=CC=NC43)N2)cc1B1OCCO1. The largest absolute Gasteiger partial charge is 0.494 e. The summed E-state index contributed by atoms with van der Waals surface area (Å²) in [7, 11) is -0.458. The zero-order chi connectivity index (χ0) is 18.2. The van der Waals surface area contributed by atoms with Crippen molar-refractivity contribution in [3.8, 4) is 0 Å². The van der Waals surface area contributed by atoms with Gasteiger partial charge < -0.3 is 14.6 Å². The lowest BCUT2D eigenvalue weighted by Crippen LogP contribution is -2.35. The second-order valence-electron chi connectivity index (χ2n) is 7.40. The van der Waals surface area contributed by atoms with Crippen LogP contribution in [0.1, 0.15) is 22.3 Å². The fourth-order valence-electron chi connectivity index (χ4n) is 4.26. The predicted octanol–water partition coefficient (Wildman–Crippen LogP) is 1.76. The number of carbonyl (C=O) groups is 1. The number of carbonyl (C=O) groups excluding carboxylic acids is 1. The van der Waals surface area contributed by atoms with Crippen LogP contribution in [0.2, 0.25) is 0 Å². The molecule has 1 N–H and O–H groups in total. The Hall–Kier alpha value is -2.44. The first-order chi connectivity index (χ1) is 13.3. The number of hydrogen-bond donors (Lipinski definition) is 1. The highest BCUT2D eigenvalue weighted by molar-refractivity contribution is 6.63. The number of allylic oxidation sites excluding steroid dienone is 3. The molecule has 0 bridgehead atoms. The summed E-state index contributed by atoms with van der Waals surface area (Å²) in [5, 5.41) is 3.63. The summed E-state index contributed by atoms with van der Waals surface area (Å²) in [4.78, 5) is 16.0. The monoisotopic (exact) mass is 360 g/mol. The molecule has 0 spiro atoms. The fraction of sp³-hybridized carbons (Fsp3) is 0.333. The highest BCUT2D eigenvalue weighted by Crippen LogP contribution is 2.47. The molecule has 2 fully saturated rings. The maximum absolute atomic E-state index is 11.4. The van der Waals surface area contributed by atoms with Crippen LogP contribution in [0.25, 0.3) is 5.70 Å². The summed E-state index contributed by atoms with van der Waals surface area (Å²) in [6.07, 6.45) is 14.6. The molecule has 0 radical (unpaired) electrons. The molecule has 1 aromatic rings. The molecule has 0 aromatic heterocycles. The molecule has 1 aromatic carbocycles. The van der Waals surface area contributed by atoms with Crippen LogP contribution in [-0.2, 0) is 9.31 Å². The summed E-state index contributed by atoms with van der Waals surface area (Å²) >= 11 is 0. The van der Waals surface area contributed by atoms with Gasteiger partial charge in [-0.05, 0) is 35.5 Å². The van der Waals surface area contributed by atoms with E-state index in [1.165, 1.54) is 0 Å². The van der Waals surface area contributed by atoms with Crippen LogP contribution in [0.15, 0.2) is 53.6 Å². The summed E-state index contributed by atoms with van der Waals surface area (Å²) in [5.41, 5.74) is 3.50. The van der Waals surface area contributed by atoms with E-state index in [1.54, 1.807) is 0 Å². The third-order valence-electron chi connectivity index (χ3n) is 5.74. The minimum absolute atomic E-state index is 0.289. The van der Waals surface area contributed by atoms with Gasteiger partial charge in [0.2, 0.25) is 0 Å². The van der Waals surface area contributed by atoms with Gasteiger partial charge in [0.05, 0.1) is 19.3 Å². The maximum Gasteiger partial charge on any atom is 0.494 e. The average molecular weight is 360 g/mol. The lowest BCUT2D eigenvalue weighted by atomic mass is 9.75. The highest BCUT2D eigenvalue weighted by Gasteiger charge is 2.49. The maximum atomic E-state index is 11.4. The van der Waals surface area contributed by atoms with E-state index in [0.29, 0.717) is 36.7 Å². The summed E-state index contributed by atoms with van der Waals surface area (Å²) in [6, 6.07) is 6.57. The zero-order valence-corrected chi connectivity index (χ0v) is 15.0. The highest BCUT2D eigenvalue weighted by atomic mass is 16.6. The van der Waals surface area contributed by atoms with E-state index in [-0.39, 0.29) is 6.04 Å². The second kappa shape index (κ2) is 6.95. The topological polar surface area (TPSA) is 59.9 Å². The third-order valence-corrected chi connectivity index (χ3v) is 5.74. The molecular weight excluding hydrogens is 339 g/mol. The Morgan fingerprint density at radius 3 is 2.89 bits per heavy atom. The Bertz CT molecular complexity index is 852. The van der Waals surface area contributed by atoms with E-state index in [9.17, 15) is 4.79 Å². The normalized spacial score (nSPS) is 30.7. The molecule has 27 heavy (non-hydrogen) atoms. The Morgan fingerprint density at radius 2 is 2.11 bits per heavy atom. The average Bonchev–Trinajstić information content (AvgIpc) is 3.14. The van der Waals surface area contributed by atoms with E-state index in [2.05, 4.69) is 40.7 Å². The van der Waals surface area contributed by atoms with Crippen molar-refractivity contribution in [2.24, 2.45) is 16.8 Å². The van der Waals surface area contributed by atoms with Crippen molar-refractivity contribution in [1.82, 2.24) is 5.32 Å². The number of rotatable bonds is 5. The fourth-order valence-corrected chi connectivity index (χ4v) is 4.26. The number of nitrogens with zero attached hydrogens (tertiary/aromatic N) is 1. The first-order valence-corrected chi connectivity index (χ1v) is 9.51. The Kier molecular flexibility index (Phi) is 4.30. The Morgan fingerprint density at radius 1 is 1.22 bits per heavy atom. The van der Waals surface area contributed by atoms with Crippen molar-refractivity contribution in [2.45, 2.75) is 18.5 Å². The van der Waals surface area contributed by atoms with Gasteiger partial charge in [-0.25, -0.2) is 0 Å². The van der Waals surface area contributed by atoms with Crippen molar-refractivity contribution in [2.75, 3.05) is 13.2 Å². The molecule has 4 aliphatic rings. The van der Waals surface area contributed by atoms with E-state index < -0.39 is 7.12 Å². The number of nitrogens with one attached hydrogen (secondary N) is 1. The Labute approximate surface area is 159 Å². The van der Waals surface area contributed by atoms with Crippen molar-refractivity contribution in [3.05, 3.63) is 59.7 Å². The number of hydrogen-bond acceptors (Lipinski definition) is 5. The van der Waals surface area contributed by atoms with Gasteiger partial charge in [0.15, 0.2) is 0 Å². The standard InChI is InChI=1S/C21H21BN2O3/c25-13-15-7-6-14(11-19(15)22-26-9-10-27-22)20-5-1-3-16(24-20)12-18-17-4-2-8-23-21(17)18/h1-8,11,13,16-18,21,24H,9-10,12H2/t16?,17?,18-,21?/m0/s1. The molecule has 6 heteroatoms. The lowest BCUT2D eigenvalue weighted by Gasteiger charge is -2.23. The predicted molar refractivity (Wildman–Crippen MR) is 106 cm³/mol. The molecule has 0 amide bonds. The van der Waals surface area contributed by atoms with Crippen LogP contribution in [0.5, 0.6) is 0 Å². The Balaban J connectivity index is 1.32. The second-order valence-corrected chi connectivity index (χ2v) is 7.40. The van der Waals surface area contributed by atoms with E-state index in [4.69, 9.17) is 9.31 Å². The van der Waals surface area contributed by atoms with Crippen molar-refractivity contribution in [1.29, 1.82) is 0 Å². The van der Waals surface area contributed by atoms with Crippen LogP contribution >= 0.6 is 0 Å². The molecule has 1 saturated heterocycles. The summed E-state index contributed by atoms with van der Waals surface area (Å²) < 4.78 is 11.2. The van der Waals surface area contributed by atoms with Crippen molar-refractivity contribution < 1.29 is 14.1 Å². The number of aldehydes is 1. The summed E-state index contributed by atoms with van der Waals surface area (Å²) in [6.45, 7) is 1.11. The smallest absolute Gasteiger partial charge is 0.405 e. The third kappa shape index (κ3) is 3.20. The van der Waals surface area contributed by atoms with Crippen molar-refractivity contribution >= 4 is 30.8 Å². The minimum Gasteiger partial charge on any atom is -0.405 e. The van der Waals surface area contributed by atoms with Gasteiger partial charge >= 0.3 is 7.12 Å². The van der Waals surface area contributed by atoms with Gasteiger partial charge in [-0.2, -0.15) is 0 Å². The van der Waals surface area contributed by atoms with Gasteiger partial charge in [0.25, 0.3) is 0 Å². The van der Waals surface area contributed by atoms with E-state index in [0.717, 1.165) is 29.4 Å². The van der Waals surface area contributed by atoms with Gasteiger partial charge in [-0.1, -0.05) is 36.4 Å². The van der Waals surface area contributed by atoms with E-state index >= 15 is 0 Å². The van der Waals surface area contributed by atoms with Crippen LogP contribution in [0, 0.1) is 11.8 Å². The van der Waals surface area contributed by atoms with Crippen LogP contribution in [0.3, 0.4) is 0 Å². The van der Waals surface area contributed by atoms with Crippen LogP contribution < -0.4 is 10.8 Å². The molecular formula is C21H21BN2O3. The first-order valence-electron chi connectivity index (χ1n) is 9.51. The molecule has 3 heterocycles. The quantitative estimate of drug-likeness (QED) is 0.642. The molecule has 5 rings (SSSR count). The van der Waals surface area contributed by atoms with Gasteiger partial charge in [0.1, 0.15) is 6.29 Å². The minimum atomic E-state index is -0.458. The van der Waals surface area contributed by atoms with Gasteiger partial charge in [-0.15, -0.1) is 0 Å². The summed E-state index contributed by atoms with van der Waals surface area (Å²) in [5.74, 6) is 1.23. The first kappa shape index (κ1) is 16.7. The van der Waals surface area contributed by atoms with Gasteiger partial charge in [0, 0.05) is 29.4 Å². The molecule has 1 aliphatic carbocycles. The number of benzene rings is 1.